The number of allylic oxidation sites excluding steroid dienone is 1. The number of fused-ring (bicyclic) bond motifs is 3. The third kappa shape index (κ3) is 7.89. The average Bonchev–Trinajstić information content (AvgIpc) is 3.92. The zero-order valence-corrected chi connectivity index (χ0v) is 31.0. The van der Waals surface area contributed by atoms with E-state index < -0.39 is 85.8 Å². The number of nitrogens with zero attached hydrogens (tertiary/aromatic N) is 2. The molecule has 1 saturated heterocycles. The molecule has 0 aromatic heterocycles. The van der Waals surface area contributed by atoms with Gasteiger partial charge in [0.1, 0.15) is 29.5 Å². The molecule has 2 aliphatic carbocycles. The Hall–Kier alpha value is -4.67. The van der Waals surface area contributed by atoms with Crippen LogP contribution in [0.2, 0.25) is 0 Å². The Morgan fingerprint density at radius 3 is 2.53 bits per heavy atom. The summed E-state index contributed by atoms with van der Waals surface area (Å²) in [7, 11) is -4.06. The predicted octanol–water partition coefficient (Wildman–Crippen LogP) is 5.14. The fourth-order valence-corrected chi connectivity index (χ4v) is 8.97. The highest BCUT2D eigenvalue weighted by Crippen LogP contribution is 2.47. The molecule has 5 atom stereocenters. The standard InChI is InChI=1S/C38H43F4N5O7S/c1-36(15-16-36)55(52,53)45-34(50)37-19-25(37)10-5-3-2-4-6-14-30(43-26-12-8-11-24(17-26)38(40,41)42)33(49)47-21-27(18-31(47)32(48)44-37)54-35(51)46-20-23-9-7-13-29(39)28(23)22-46/h5,7-13,17,25,27,30-31,43H,2-4,6,14-16,18-22H2,1H3,(H,44,48)(H,45,50)/t25-,27-,30+,31+,37-/m1/s1. The summed E-state index contributed by atoms with van der Waals surface area (Å²) in [5.41, 5.74) is -1.53. The van der Waals surface area contributed by atoms with Crippen molar-refractivity contribution >= 4 is 39.5 Å². The molecule has 3 N–H and O–H groups in total. The lowest BCUT2D eigenvalue weighted by atomic mass is 10.0. The zero-order chi connectivity index (χ0) is 39.3. The molecule has 12 nitrogen and oxygen atoms in total. The van der Waals surface area contributed by atoms with E-state index >= 15 is 0 Å². The number of benzene rings is 2. The number of halogens is 4. The molecule has 55 heavy (non-hydrogen) atoms. The summed E-state index contributed by atoms with van der Waals surface area (Å²) in [5.74, 6) is -3.30. The van der Waals surface area contributed by atoms with Gasteiger partial charge in [0.15, 0.2) is 0 Å². The number of amides is 4. The normalized spacial score (nSPS) is 27.8. The van der Waals surface area contributed by atoms with Crippen molar-refractivity contribution in [2.75, 3.05) is 11.9 Å². The third-order valence-electron chi connectivity index (χ3n) is 11.5. The second-order valence-electron chi connectivity index (χ2n) is 15.5. The summed E-state index contributed by atoms with van der Waals surface area (Å²) in [6, 6.07) is 6.58. The maximum atomic E-state index is 14.5. The van der Waals surface area contributed by atoms with E-state index in [2.05, 4.69) is 15.4 Å². The maximum absolute atomic E-state index is 14.5. The van der Waals surface area contributed by atoms with Crippen molar-refractivity contribution in [3.8, 4) is 0 Å². The van der Waals surface area contributed by atoms with E-state index in [1.54, 1.807) is 12.1 Å². The largest absolute Gasteiger partial charge is 0.444 e. The Kier molecular flexibility index (Phi) is 10.1. The number of anilines is 1. The summed E-state index contributed by atoms with van der Waals surface area (Å²) in [4.78, 5) is 58.4. The van der Waals surface area contributed by atoms with Gasteiger partial charge in [0.2, 0.25) is 21.8 Å². The number of sulfonamides is 1. The average molecular weight is 790 g/mol. The molecule has 0 unspecified atom stereocenters. The summed E-state index contributed by atoms with van der Waals surface area (Å²) in [6.45, 7) is 1.32. The fourth-order valence-electron chi connectivity index (χ4n) is 7.66. The van der Waals surface area contributed by atoms with Gasteiger partial charge in [0.25, 0.3) is 5.91 Å². The van der Waals surface area contributed by atoms with Crippen LogP contribution in [0.3, 0.4) is 0 Å². The zero-order valence-electron chi connectivity index (χ0n) is 30.2. The molecule has 4 amide bonds. The van der Waals surface area contributed by atoms with Crippen LogP contribution in [0.1, 0.15) is 81.4 Å². The van der Waals surface area contributed by atoms with Crippen molar-refractivity contribution in [3.63, 3.8) is 0 Å². The molecule has 7 rings (SSSR count). The quantitative estimate of drug-likeness (QED) is 0.269. The van der Waals surface area contributed by atoms with Gasteiger partial charge < -0.3 is 20.3 Å². The van der Waals surface area contributed by atoms with Gasteiger partial charge in [-0.2, -0.15) is 13.2 Å². The van der Waals surface area contributed by atoms with E-state index in [-0.39, 0.29) is 44.6 Å². The second-order valence-corrected chi connectivity index (χ2v) is 17.7. The monoisotopic (exact) mass is 789 g/mol. The number of rotatable bonds is 6. The SMILES string of the molecule is CC1(S(=O)(=O)NC(=O)[C@@]23C[C@H]2C=CCCCCC[C@H](Nc2cccc(C(F)(F)F)c2)C(=O)N2C[C@H](OC(=O)N4Cc5cccc(F)c5C4)C[C@H]2C(=O)N3)CC1. The molecular formula is C38H43F4N5O7S. The molecule has 5 aliphatic rings. The van der Waals surface area contributed by atoms with E-state index in [4.69, 9.17) is 4.74 Å². The Labute approximate surface area is 316 Å². The molecule has 0 bridgehead atoms. The van der Waals surface area contributed by atoms with Gasteiger partial charge in [0, 0.05) is 30.1 Å². The minimum absolute atomic E-state index is 0.0417. The van der Waals surface area contributed by atoms with E-state index in [0.717, 1.165) is 12.1 Å². The lowest BCUT2D eigenvalue weighted by molar-refractivity contribution is -0.140. The maximum Gasteiger partial charge on any atom is 0.416 e. The van der Waals surface area contributed by atoms with Gasteiger partial charge in [-0.05, 0) is 75.3 Å². The van der Waals surface area contributed by atoms with Crippen LogP contribution in [0.25, 0.3) is 0 Å². The van der Waals surface area contributed by atoms with Crippen molar-refractivity contribution in [3.05, 3.63) is 77.1 Å². The van der Waals surface area contributed by atoms with Crippen molar-refractivity contribution in [1.29, 1.82) is 0 Å². The van der Waals surface area contributed by atoms with Gasteiger partial charge in [-0.15, -0.1) is 0 Å². The molecule has 2 saturated carbocycles. The first kappa shape index (κ1) is 38.6. The minimum Gasteiger partial charge on any atom is -0.444 e. The Morgan fingerprint density at radius 1 is 1.04 bits per heavy atom. The van der Waals surface area contributed by atoms with E-state index in [1.165, 1.54) is 41.0 Å². The second kappa shape index (κ2) is 14.4. The van der Waals surface area contributed by atoms with Crippen molar-refractivity contribution in [2.24, 2.45) is 5.92 Å². The Morgan fingerprint density at radius 2 is 1.80 bits per heavy atom. The van der Waals surface area contributed by atoms with Gasteiger partial charge >= 0.3 is 12.3 Å². The molecule has 17 heteroatoms. The van der Waals surface area contributed by atoms with Gasteiger partial charge in [-0.1, -0.05) is 43.2 Å². The molecule has 0 radical (unpaired) electrons. The van der Waals surface area contributed by atoms with Crippen molar-refractivity contribution < 1.29 is 49.9 Å². The lowest BCUT2D eigenvalue weighted by Gasteiger charge is -2.30. The van der Waals surface area contributed by atoms with Crippen LogP contribution in [0.4, 0.5) is 28.0 Å². The van der Waals surface area contributed by atoms with Crippen LogP contribution in [0, 0.1) is 11.7 Å². The van der Waals surface area contributed by atoms with Crippen molar-refractivity contribution in [2.45, 2.75) is 112 Å². The molecule has 2 aromatic rings. The first-order valence-corrected chi connectivity index (χ1v) is 20.0. The Bertz CT molecular complexity index is 2020. The molecule has 0 spiro atoms. The topological polar surface area (TPSA) is 154 Å². The third-order valence-corrected chi connectivity index (χ3v) is 13.6. The number of hydrogen-bond donors (Lipinski definition) is 3. The number of alkyl halides is 3. The first-order valence-electron chi connectivity index (χ1n) is 18.5. The van der Waals surface area contributed by atoms with Crippen molar-refractivity contribution in [1.82, 2.24) is 19.8 Å². The lowest BCUT2D eigenvalue weighted by Crippen LogP contribution is -2.58. The first-order chi connectivity index (χ1) is 26.0. The minimum atomic E-state index is -4.63. The highest BCUT2D eigenvalue weighted by atomic mass is 32.2. The molecular weight excluding hydrogens is 747 g/mol. The number of carbonyl (C=O) groups excluding carboxylic acids is 4. The number of nitrogens with one attached hydrogen (secondary N) is 3. The highest BCUT2D eigenvalue weighted by Gasteiger charge is 2.63. The van der Waals surface area contributed by atoms with Crippen LogP contribution in [0.5, 0.6) is 0 Å². The van der Waals surface area contributed by atoms with E-state index in [9.17, 15) is 45.2 Å². The van der Waals surface area contributed by atoms with E-state index in [0.29, 0.717) is 49.7 Å². The van der Waals surface area contributed by atoms with Crippen LogP contribution >= 0.6 is 0 Å². The molecule has 2 aromatic carbocycles. The smallest absolute Gasteiger partial charge is 0.416 e. The number of carbonyl (C=O) groups is 4. The summed E-state index contributed by atoms with van der Waals surface area (Å²) in [5, 5.41) is 5.71. The van der Waals surface area contributed by atoms with Crippen LogP contribution in [-0.2, 0) is 48.4 Å². The van der Waals surface area contributed by atoms with Gasteiger partial charge in [-0.3, -0.25) is 24.0 Å². The van der Waals surface area contributed by atoms with Gasteiger partial charge in [-0.25, -0.2) is 17.6 Å². The summed E-state index contributed by atoms with van der Waals surface area (Å²) in [6.07, 6.45) is 0.552. The Balaban J connectivity index is 1.16. The number of hydrogen-bond acceptors (Lipinski definition) is 8. The molecule has 296 valence electrons. The predicted molar refractivity (Wildman–Crippen MR) is 191 cm³/mol. The fraction of sp³-hybridized carbons (Fsp3) is 0.526. The molecule has 3 aliphatic heterocycles. The van der Waals surface area contributed by atoms with E-state index in [1.807, 2.05) is 6.08 Å². The van der Waals surface area contributed by atoms with Crippen LogP contribution < -0.4 is 15.4 Å². The summed E-state index contributed by atoms with van der Waals surface area (Å²) < 4.78 is 88.3. The van der Waals surface area contributed by atoms with Gasteiger partial charge in [0.05, 0.1) is 23.4 Å². The van der Waals surface area contributed by atoms with Crippen LogP contribution in [0.15, 0.2) is 54.6 Å². The molecule has 3 heterocycles. The van der Waals surface area contributed by atoms with Crippen LogP contribution in [-0.4, -0.2) is 77.1 Å². The summed E-state index contributed by atoms with van der Waals surface area (Å²) >= 11 is 0. The number of ether oxygens (including phenoxy) is 1. The highest BCUT2D eigenvalue weighted by molar-refractivity contribution is 7.91. The molecule has 3 fully saturated rings.